The first kappa shape index (κ1) is 17.4. The van der Waals surface area contributed by atoms with E-state index >= 15 is 0 Å². The first-order valence-electron chi connectivity index (χ1n) is 7.91. The van der Waals surface area contributed by atoms with Crippen molar-refractivity contribution in [1.29, 1.82) is 0 Å². The molecule has 1 N–H and O–H groups in total. The molecular formula is C17H20ClN3O2S. The predicted molar refractivity (Wildman–Crippen MR) is 95.8 cm³/mol. The van der Waals surface area contributed by atoms with E-state index in [1.165, 1.54) is 11.3 Å². The molecule has 24 heavy (non-hydrogen) atoms. The van der Waals surface area contributed by atoms with Crippen molar-refractivity contribution in [2.75, 3.05) is 32.8 Å². The lowest BCUT2D eigenvalue weighted by atomic mass is 10.0. The van der Waals surface area contributed by atoms with Gasteiger partial charge in [0.1, 0.15) is 5.69 Å². The molecule has 1 aromatic carbocycles. The molecule has 1 amide bonds. The molecule has 1 fully saturated rings. The topological polar surface area (TPSA) is 54.5 Å². The second-order valence-electron chi connectivity index (χ2n) is 5.65. The number of morpholine rings is 1. The van der Waals surface area contributed by atoms with E-state index in [1.54, 1.807) is 5.38 Å². The molecule has 2 heterocycles. The molecule has 0 radical (unpaired) electrons. The third-order valence-electron chi connectivity index (χ3n) is 4.06. The van der Waals surface area contributed by atoms with Crippen LogP contribution in [0, 0.1) is 6.92 Å². The summed E-state index contributed by atoms with van der Waals surface area (Å²) in [7, 11) is 0. The van der Waals surface area contributed by atoms with Gasteiger partial charge in [0, 0.05) is 30.0 Å². The van der Waals surface area contributed by atoms with Gasteiger partial charge in [-0.2, -0.15) is 0 Å². The molecule has 5 nitrogen and oxygen atoms in total. The smallest absolute Gasteiger partial charge is 0.270 e. The summed E-state index contributed by atoms with van der Waals surface area (Å²) in [5, 5.41) is 6.38. The van der Waals surface area contributed by atoms with E-state index in [-0.39, 0.29) is 11.9 Å². The summed E-state index contributed by atoms with van der Waals surface area (Å²) in [5.74, 6) is -0.148. The summed E-state index contributed by atoms with van der Waals surface area (Å²) >= 11 is 7.87. The number of amides is 1. The van der Waals surface area contributed by atoms with Crippen molar-refractivity contribution in [3.63, 3.8) is 0 Å². The average molecular weight is 366 g/mol. The number of nitrogens with one attached hydrogen (secondary N) is 1. The molecule has 1 unspecified atom stereocenters. The van der Waals surface area contributed by atoms with Gasteiger partial charge < -0.3 is 10.1 Å². The Morgan fingerprint density at radius 2 is 2.17 bits per heavy atom. The van der Waals surface area contributed by atoms with Crippen LogP contribution in [-0.2, 0) is 4.74 Å². The fraction of sp³-hybridized carbons (Fsp3) is 0.412. The second kappa shape index (κ2) is 8.07. The van der Waals surface area contributed by atoms with Crippen LogP contribution in [0.15, 0.2) is 29.6 Å². The predicted octanol–water partition coefficient (Wildman–Crippen LogP) is 2.91. The van der Waals surface area contributed by atoms with Gasteiger partial charge in [-0.25, -0.2) is 4.98 Å². The van der Waals surface area contributed by atoms with Crippen LogP contribution in [0.5, 0.6) is 0 Å². The van der Waals surface area contributed by atoms with Crippen molar-refractivity contribution in [2.45, 2.75) is 13.0 Å². The van der Waals surface area contributed by atoms with Crippen LogP contribution in [0.1, 0.15) is 27.1 Å². The van der Waals surface area contributed by atoms with Crippen molar-refractivity contribution in [2.24, 2.45) is 0 Å². The maximum Gasteiger partial charge on any atom is 0.270 e. The first-order chi connectivity index (χ1) is 11.6. The molecule has 0 aliphatic carbocycles. The van der Waals surface area contributed by atoms with Gasteiger partial charge in [-0.15, -0.1) is 11.3 Å². The van der Waals surface area contributed by atoms with Gasteiger partial charge in [-0.3, -0.25) is 9.69 Å². The van der Waals surface area contributed by atoms with Crippen LogP contribution in [0.4, 0.5) is 0 Å². The van der Waals surface area contributed by atoms with E-state index < -0.39 is 0 Å². The number of thiazole rings is 1. The number of aromatic nitrogens is 1. The van der Waals surface area contributed by atoms with Crippen LogP contribution >= 0.6 is 22.9 Å². The minimum atomic E-state index is -0.148. The molecule has 128 valence electrons. The van der Waals surface area contributed by atoms with Crippen LogP contribution < -0.4 is 5.32 Å². The molecule has 7 heteroatoms. The fourth-order valence-electron chi connectivity index (χ4n) is 2.82. The minimum absolute atomic E-state index is 0.0197. The molecule has 0 bridgehead atoms. The van der Waals surface area contributed by atoms with Gasteiger partial charge >= 0.3 is 0 Å². The molecule has 3 rings (SSSR count). The minimum Gasteiger partial charge on any atom is -0.379 e. The molecule has 0 saturated carbocycles. The van der Waals surface area contributed by atoms with E-state index in [0.29, 0.717) is 30.5 Å². The van der Waals surface area contributed by atoms with Crippen molar-refractivity contribution >= 4 is 28.8 Å². The summed E-state index contributed by atoms with van der Waals surface area (Å²) in [6, 6.07) is 7.81. The SMILES string of the molecule is Cc1nc(C(=O)NCC(c2ccccc2Cl)N2CCOCC2)cs1. The number of nitrogens with zero attached hydrogens (tertiary/aromatic N) is 2. The maximum atomic E-state index is 12.3. The zero-order chi connectivity index (χ0) is 16.9. The maximum absolute atomic E-state index is 12.3. The zero-order valence-electron chi connectivity index (χ0n) is 13.5. The number of benzene rings is 1. The van der Waals surface area contributed by atoms with E-state index in [4.69, 9.17) is 16.3 Å². The standard InChI is InChI=1S/C17H20ClN3O2S/c1-12-20-15(11-24-12)17(22)19-10-16(21-6-8-23-9-7-21)13-4-2-3-5-14(13)18/h2-5,11,16H,6-10H2,1H3,(H,19,22). The molecule has 1 atom stereocenters. The summed E-state index contributed by atoms with van der Waals surface area (Å²) in [6.45, 7) is 5.41. The van der Waals surface area contributed by atoms with E-state index in [2.05, 4.69) is 15.2 Å². The first-order valence-corrected chi connectivity index (χ1v) is 9.17. The summed E-state index contributed by atoms with van der Waals surface area (Å²) in [4.78, 5) is 18.9. The van der Waals surface area contributed by atoms with Crippen LogP contribution in [0.3, 0.4) is 0 Å². The summed E-state index contributed by atoms with van der Waals surface area (Å²) in [6.07, 6.45) is 0. The zero-order valence-corrected chi connectivity index (χ0v) is 15.1. The highest BCUT2D eigenvalue weighted by atomic mass is 35.5. The fourth-order valence-corrected chi connectivity index (χ4v) is 3.67. The highest BCUT2D eigenvalue weighted by molar-refractivity contribution is 7.09. The number of hydrogen-bond donors (Lipinski definition) is 1. The van der Waals surface area contributed by atoms with Crippen molar-refractivity contribution < 1.29 is 9.53 Å². The van der Waals surface area contributed by atoms with Crippen LogP contribution in [0.2, 0.25) is 5.02 Å². The highest BCUT2D eigenvalue weighted by Crippen LogP contribution is 2.27. The molecule has 1 aliphatic heterocycles. The summed E-state index contributed by atoms with van der Waals surface area (Å²) in [5.41, 5.74) is 1.49. The Morgan fingerprint density at radius 3 is 2.83 bits per heavy atom. The third-order valence-corrected chi connectivity index (χ3v) is 5.18. The lowest BCUT2D eigenvalue weighted by Gasteiger charge is -2.35. The Bertz CT molecular complexity index is 701. The van der Waals surface area contributed by atoms with Gasteiger partial charge in [0.05, 0.1) is 24.3 Å². The number of aryl methyl sites for hydroxylation is 1. The van der Waals surface area contributed by atoms with E-state index in [1.807, 2.05) is 31.2 Å². The molecule has 1 aromatic heterocycles. The summed E-state index contributed by atoms with van der Waals surface area (Å²) < 4.78 is 5.44. The molecule has 2 aromatic rings. The van der Waals surface area contributed by atoms with E-state index in [0.717, 1.165) is 23.7 Å². The second-order valence-corrected chi connectivity index (χ2v) is 7.12. The number of carbonyl (C=O) groups excluding carboxylic acids is 1. The number of rotatable bonds is 5. The Kier molecular flexibility index (Phi) is 5.84. The lowest BCUT2D eigenvalue weighted by Crippen LogP contribution is -2.44. The third kappa shape index (κ3) is 4.13. The van der Waals surface area contributed by atoms with Gasteiger partial charge in [0.25, 0.3) is 5.91 Å². The molecule has 0 spiro atoms. The van der Waals surface area contributed by atoms with Gasteiger partial charge in [-0.05, 0) is 18.6 Å². The van der Waals surface area contributed by atoms with Crippen LogP contribution in [-0.4, -0.2) is 48.6 Å². The van der Waals surface area contributed by atoms with Crippen molar-refractivity contribution in [1.82, 2.24) is 15.2 Å². The number of hydrogen-bond acceptors (Lipinski definition) is 5. The lowest BCUT2D eigenvalue weighted by molar-refractivity contribution is 0.0162. The van der Waals surface area contributed by atoms with Crippen molar-refractivity contribution in [3.8, 4) is 0 Å². The number of ether oxygens (including phenoxy) is 1. The Hall–Kier alpha value is -1.47. The Balaban J connectivity index is 1.74. The van der Waals surface area contributed by atoms with Gasteiger partial charge in [-0.1, -0.05) is 29.8 Å². The normalized spacial score (nSPS) is 16.8. The molecule has 1 aliphatic rings. The van der Waals surface area contributed by atoms with Crippen LogP contribution in [0.25, 0.3) is 0 Å². The Labute approximate surface area is 150 Å². The van der Waals surface area contributed by atoms with Gasteiger partial charge in [0.15, 0.2) is 0 Å². The quantitative estimate of drug-likeness (QED) is 0.885. The molecule has 1 saturated heterocycles. The molecular weight excluding hydrogens is 346 g/mol. The van der Waals surface area contributed by atoms with Gasteiger partial charge in [0.2, 0.25) is 0 Å². The largest absolute Gasteiger partial charge is 0.379 e. The monoisotopic (exact) mass is 365 g/mol. The Morgan fingerprint density at radius 1 is 1.42 bits per heavy atom. The number of carbonyl (C=O) groups is 1. The highest BCUT2D eigenvalue weighted by Gasteiger charge is 2.25. The van der Waals surface area contributed by atoms with E-state index in [9.17, 15) is 4.79 Å². The average Bonchev–Trinajstić information content (AvgIpc) is 3.04. The number of halogens is 1. The van der Waals surface area contributed by atoms with Crippen molar-refractivity contribution in [3.05, 3.63) is 50.9 Å².